The number of nitrogens with one attached hydrogen (secondary N) is 1. The number of nitrogens with zero attached hydrogens (tertiary/aromatic N) is 3. The molecule has 8 nitrogen and oxygen atoms in total. The van der Waals surface area contributed by atoms with E-state index in [9.17, 15) is 19.7 Å². The highest BCUT2D eigenvalue weighted by atomic mass is 16.6. The maximum absolute atomic E-state index is 12.1. The molecule has 1 aromatic carbocycles. The first kappa shape index (κ1) is 14.4. The summed E-state index contributed by atoms with van der Waals surface area (Å²) in [7, 11) is 1.43. The molecule has 0 bridgehead atoms. The fourth-order valence-electron chi connectivity index (χ4n) is 1.67. The van der Waals surface area contributed by atoms with Crippen molar-refractivity contribution in [3.63, 3.8) is 0 Å². The molecule has 0 aliphatic rings. The number of hydrogen-bond acceptors (Lipinski definition) is 5. The number of carbonyl (C=O) groups is 1. The molecule has 0 aliphatic carbocycles. The Morgan fingerprint density at radius 3 is 2.67 bits per heavy atom. The van der Waals surface area contributed by atoms with Crippen LogP contribution in [0.5, 0.6) is 0 Å². The molecule has 0 saturated carbocycles. The molecule has 0 radical (unpaired) electrons. The first-order valence-electron chi connectivity index (χ1n) is 5.99. The zero-order valence-corrected chi connectivity index (χ0v) is 11.4. The van der Waals surface area contributed by atoms with E-state index < -0.39 is 10.8 Å². The van der Waals surface area contributed by atoms with Crippen LogP contribution in [0.4, 0.5) is 11.4 Å². The summed E-state index contributed by atoms with van der Waals surface area (Å²) in [4.78, 5) is 33.5. The molecule has 0 spiro atoms. The van der Waals surface area contributed by atoms with Gasteiger partial charge >= 0.3 is 0 Å². The minimum atomic E-state index is -0.547. The lowest BCUT2D eigenvalue weighted by molar-refractivity contribution is -0.384. The summed E-state index contributed by atoms with van der Waals surface area (Å²) in [5, 5.41) is 17.1. The Morgan fingerprint density at radius 2 is 2.05 bits per heavy atom. The summed E-state index contributed by atoms with van der Waals surface area (Å²) < 4.78 is 1.04. The predicted octanol–water partition coefficient (Wildman–Crippen LogP) is 1.25. The highest BCUT2D eigenvalue weighted by molar-refractivity contribution is 6.03. The van der Waals surface area contributed by atoms with E-state index in [4.69, 9.17) is 0 Å². The lowest BCUT2D eigenvalue weighted by atomic mass is 10.1. The largest absolute Gasteiger partial charge is 0.320 e. The Kier molecular flexibility index (Phi) is 3.79. The van der Waals surface area contributed by atoms with E-state index in [1.54, 1.807) is 13.0 Å². The summed E-state index contributed by atoms with van der Waals surface area (Å²) >= 11 is 0. The minimum absolute atomic E-state index is 0.0445. The van der Waals surface area contributed by atoms with E-state index in [0.717, 1.165) is 4.68 Å². The van der Waals surface area contributed by atoms with Crippen LogP contribution >= 0.6 is 0 Å². The first-order valence-corrected chi connectivity index (χ1v) is 5.99. The average Bonchev–Trinajstić information content (AvgIpc) is 2.43. The van der Waals surface area contributed by atoms with Crippen molar-refractivity contribution in [2.75, 3.05) is 5.32 Å². The number of nitro groups is 1. The fraction of sp³-hybridized carbons (Fsp3) is 0.154. The van der Waals surface area contributed by atoms with E-state index in [0.29, 0.717) is 11.3 Å². The van der Waals surface area contributed by atoms with Gasteiger partial charge in [-0.1, -0.05) is 6.07 Å². The Balaban J connectivity index is 2.30. The third-order valence-corrected chi connectivity index (χ3v) is 2.87. The highest BCUT2D eigenvalue weighted by Gasteiger charge is 2.13. The van der Waals surface area contributed by atoms with Crippen molar-refractivity contribution in [3.8, 4) is 0 Å². The van der Waals surface area contributed by atoms with E-state index in [1.807, 2.05) is 0 Å². The zero-order valence-electron chi connectivity index (χ0n) is 11.4. The molecule has 1 amide bonds. The molecule has 1 aromatic heterocycles. The number of anilines is 1. The van der Waals surface area contributed by atoms with Gasteiger partial charge in [0.05, 0.1) is 10.6 Å². The van der Waals surface area contributed by atoms with Crippen LogP contribution in [0, 0.1) is 17.0 Å². The van der Waals surface area contributed by atoms with Crippen LogP contribution < -0.4 is 10.9 Å². The molecular formula is C13H12N4O4. The standard InChI is InChI=1S/C13H12N4O4/c1-8-3-4-9(17(20)21)7-11(8)14-13(19)10-5-6-12(18)16(2)15-10/h3-7H,1-2H3,(H,14,19). The summed E-state index contributed by atoms with van der Waals surface area (Å²) in [6.07, 6.45) is 0. The molecule has 0 atom stereocenters. The van der Waals surface area contributed by atoms with Gasteiger partial charge in [0.25, 0.3) is 17.2 Å². The summed E-state index contributed by atoms with van der Waals surface area (Å²) in [6.45, 7) is 1.72. The maximum atomic E-state index is 12.1. The number of aromatic nitrogens is 2. The number of nitro benzene ring substituents is 1. The molecule has 21 heavy (non-hydrogen) atoms. The van der Waals surface area contributed by atoms with Gasteiger partial charge in [-0.15, -0.1) is 0 Å². The smallest absolute Gasteiger partial charge is 0.276 e. The van der Waals surface area contributed by atoms with Crippen molar-refractivity contribution in [1.82, 2.24) is 9.78 Å². The second-order valence-corrected chi connectivity index (χ2v) is 4.39. The molecule has 1 N–H and O–H groups in total. The van der Waals surface area contributed by atoms with Gasteiger partial charge in [-0.25, -0.2) is 4.68 Å². The van der Waals surface area contributed by atoms with Gasteiger partial charge in [-0.2, -0.15) is 5.10 Å². The Morgan fingerprint density at radius 1 is 1.33 bits per heavy atom. The van der Waals surface area contributed by atoms with E-state index in [-0.39, 0.29) is 16.9 Å². The van der Waals surface area contributed by atoms with Crippen molar-refractivity contribution in [3.05, 3.63) is 62.1 Å². The SMILES string of the molecule is Cc1ccc([N+](=O)[O-])cc1NC(=O)c1ccc(=O)n(C)n1. The van der Waals surface area contributed by atoms with Crippen LogP contribution in [0.1, 0.15) is 16.1 Å². The van der Waals surface area contributed by atoms with Crippen LogP contribution in [0.15, 0.2) is 35.1 Å². The van der Waals surface area contributed by atoms with Gasteiger partial charge in [0.2, 0.25) is 0 Å². The Hall–Kier alpha value is -3.03. The third-order valence-electron chi connectivity index (χ3n) is 2.87. The van der Waals surface area contributed by atoms with Crippen LogP contribution in [-0.4, -0.2) is 20.6 Å². The number of benzene rings is 1. The van der Waals surface area contributed by atoms with Crippen molar-refractivity contribution in [2.24, 2.45) is 7.05 Å². The molecular weight excluding hydrogens is 276 g/mol. The van der Waals surface area contributed by atoms with Crippen molar-refractivity contribution < 1.29 is 9.72 Å². The van der Waals surface area contributed by atoms with Gasteiger partial charge in [0, 0.05) is 25.2 Å². The monoisotopic (exact) mass is 288 g/mol. The quantitative estimate of drug-likeness (QED) is 0.675. The van der Waals surface area contributed by atoms with Crippen LogP contribution in [-0.2, 0) is 7.05 Å². The van der Waals surface area contributed by atoms with Crippen LogP contribution in [0.3, 0.4) is 0 Å². The average molecular weight is 288 g/mol. The normalized spacial score (nSPS) is 10.2. The van der Waals surface area contributed by atoms with Gasteiger partial charge in [0.15, 0.2) is 0 Å². The molecule has 108 valence electrons. The molecule has 2 aromatic rings. The van der Waals surface area contributed by atoms with Crippen molar-refractivity contribution in [2.45, 2.75) is 6.92 Å². The van der Waals surface area contributed by atoms with Gasteiger partial charge < -0.3 is 5.32 Å². The van der Waals surface area contributed by atoms with Crippen LogP contribution in [0.2, 0.25) is 0 Å². The maximum Gasteiger partial charge on any atom is 0.276 e. The second kappa shape index (κ2) is 5.53. The molecule has 1 heterocycles. The fourth-order valence-corrected chi connectivity index (χ4v) is 1.67. The number of rotatable bonds is 3. The van der Waals surface area contributed by atoms with E-state index >= 15 is 0 Å². The van der Waals surface area contributed by atoms with Gasteiger partial charge in [0.1, 0.15) is 5.69 Å². The van der Waals surface area contributed by atoms with Crippen molar-refractivity contribution in [1.29, 1.82) is 0 Å². The number of non-ortho nitro benzene ring substituents is 1. The number of amides is 1. The first-order chi connectivity index (χ1) is 9.88. The third kappa shape index (κ3) is 3.11. The van der Waals surface area contributed by atoms with E-state index in [1.165, 1.54) is 31.3 Å². The van der Waals surface area contributed by atoms with Crippen LogP contribution in [0.25, 0.3) is 0 Å². The summed E-state index contributed by atoms with van der Waals surface area (Å²) in [5.74, 6) is -0.547. The minimum Gasteiger partial charge on any atom is -0.320 e. The molecule has 0 fully saturated rings. The molecule has 0 aliphatic heterocycles. The topological polar surface area (TPSA) is 107 Å². The van der Waals surface area contributed by atoms with E-state index in [2.05, 4.69) is 10.4 Å². The second-order valence-electron chi connectivity index (χ2n) is 4.39. The van der Waals surface area contributed by atoms with Gasteiger partial charge in [-0.05, 0) is 18.6 Å². The molecule has 0 saturated heterocycles. The zero-order chi connectivity index (χ0) is 15.6. The molecule has 2 rings (SSSR count). The number of aryl methyl sites for hydroxylation is 2. The molecule has 8 heteroatoms. The number of carbonyl (C=O) groups excluding carboxylic acids is 1. The van der Waals surface area contributed by atoms with Crippen molar-refractivity contribution >= 4 is 17.3 Å². The summed E-state index contributed by atoms with van der Waals surface area (Å²) in [5.41, 5.74) is 0.592. The highest BCUT2D eigenvalue weighted by Crippen LogP contribution is 2.22. The number of hydrogen-bond donors (Lipinski definition) is 1. The lowest BCUT2D eigenvalue weighted by Crippen LogP contribution is -2.23. The molecule has 0 unspecified atom stereocenters. The Bertz CT molecular complexity index is 782. The predicted molar refractivity (Wildman–Crippen MR) is 75.3 cm³/mol. The lowest BCUT2D eigenvalue weighted by Gasteiger charge is -2.08. The Labute approximate surface area is 119 Å². The summed E-state index contributed by atoms with van der Waals surface area (Å²) in [6, 6.07) is 6.69. The van der Waals surface area contributed by atoms with Gasteiger partial charge in [-0.3, -0.25) is 19.7 Å².